The van der Waals surface area contributed by atoms with Crippen LogP contribution in [0.5, 0.6) is 0 Å². The van der Waals surface area contributed by atoms with Crippen LogP contribution in [0.3, 0.4) is 0 Å². The van der Waals surface area contributed by atoms with Crippen LogP contribution in [0.4, 0.5) is 4.39 Å². The van der Waals surface area contributed by atoms with Crippen molar-refractivity contribution in [1.29, 1.82) is 0 Å². The lowest BCUT2D eigenvalue weighted by Gasteiger charge is -2.12. The molecule has 1 heterocycles. The number of halogens is 4. The highest BCUT2D eigenvalue weighted by atomic mass is 79.9. The maximum absolute atomic E-state index is 13.4. The van der Waals surface area contributed by atoms with Crippen LogP contribution in [0.15, 0.2) is 45.3 Å². The van der Waals surface area contributed by atoms with E-state index in [1.807, 2.05) is 29.7 Å². The fourth-order valence-corrected chi connectivity index (χ4v) is 3.63. The van der Waals surface area contributed by atoms with Crippen molar-refractivity contribution in [2.45, 2.75) is 12.3 Å². The second-order valence-corrected chi connectivity index (χ2v) is 7.07. The van der Waals surface area contributed by atoms with Gasteiger partial charge in [0.2, 0.25) is 0 Å². The van der Waals surface area contributed by atoms with Crippen LogP contribution in [0.2, 0.25) is 0 Å². The largest absolute Gasteiger partial charge is 0.294 e. The topological polar surface area (TPSA) is 17.8 Å². The third-order valence-electron chi connectivity index (χ3n) is 3.15. The Morgan fingerprint density at radius 1 is 1.19 bits per heavy atom. The predicted octanol–water partition coefficient (Wildman–Crippen LogP) is 5.99. The summed E-state index contributed by atoms with van der Waals surface area (Å²) in [5.74, 6) is 0.371. The quantitative estimate of drug-likeness (QED) is 0.455. The fraction of sp³-hybridized carbons (Fsp3) is 0.133. The molecule has 1 unspecified atom stereocenters. The van der Waals surface area contributed by atoms with E-state index in [9.17, 15) is 4.39 Å². The van der Waals surface area contributed by atoms with E-state index in [4.69, 9.17) is 11.6 Å². The molecule has 3 aromatic rings. The van der Waals surface area contributed by atoms with Gasteiger partial charge in [0.05, 0.1) is 22.1 Å². The van der Waals surface area contributed by atoms with Gasteiger partial charge in [-0.1, -0.05) is 15.9 Å². The molecule has 3 rings (SSSR count). The SMILES string of the molecule is CC(Cl)c1nc2cc(F)ccc2n1-c1ccc(Br)cc1Br. The van der Waals surface area contributed by atoms with E-state index < -0.39 is 0 Å². The molecule has 2 aromatic carbocycles. The third-order valence-corrected chi connectivity index (χ3v) is 4.47. The van der Waals surface area contributed by atoms with Crippen LogP contribution in [0.25, 0.3) is 16.7 Å². The van der Waals surface area contributed by atoms with Gasteiger partial charge >= 0.3 is 0 Å². The first-order valence-corrected chi connectivity index (χ1v) is 8.27. The van der Waals surface area contributed by atoms with Crippen LogP contribution in [0.1, 0.15) is 18.1 Å². The molecular formula is C15H10Br2ClFN2. The summed E-state index contributed by atoms with van der Waals surface area (Å²) >= 11 is 13.2. The zero-order valence-corrected chi connectivity index (χ0v) is 14.9. The molecule has 0 radical (unpaired) electrons. The molecule has 0 aliphatic carbocycles. The van der Waals surface area contributed by atoms with Crippen molar-refractivity contribution in [2.24, 2.45) is 0 Å². The molecule has 0 saturated carbocycles. The van der Waals surface area contributed by atoms with Crippen LogP contribution in [-0.2, 0) is 0 Å². The van der Waals surface area contributed by atoms with E-state index in [1.54, 1.807) is 6.07 Å². The molecule has 0 aliphatic heterocycles. The molecule has 21 heavy (non-hydrogen) atoms. The summed E-state index contributed by atoms with van der Waals surface area (Å²) in [5.41, 5.74) is 2.32. The van der Waals surface area contributed by atoms with Crippen LogP contribution in [-0.4, -0.2) is 9.55 Å². The maximum atomic E-state index is 13.4. The summed E-state index contributed by atoms with van der Waals surface area (Å²) in [6, 6.07) is 10.4. The Morgan fingerprint density at radius 2 is 1.95 bits per heavy atom. The van der Waals surface area contributed by atoms with Gasteiger partial charge in [0.1, 0.15) is 11.6 Å². The standard InChI is InChI=1S/C15H10Br2ClFN2/c1-8(18)15-20-12-7-10(19)3-5-14(12)21(15)13-4-2-9(16)6-11(13)17/h2-8H,1H3. The lowest BCUT2D eigenvalue weighted by molar-refractivity contribution is 0.629. The van der Waals surface area contributed by atoms with Gasteiger partial charge in [-0.2, -0.15) is 0 Å². The van der Waals surface area contributed by atoms with Crippen molar-refractivity contribution in [1.82, 2.24) is 9.55 Å². The van der Waals surface area contributed by atoms with Crippen molar-refractivity contribution in [3.63, 3.8) is 0 Å². The first-order valence-electron chi connectivity index (χ1n) is 6.25. The molecule has 1 aromatic heterocycles. The number of hydrogen-bond acceptors (Lipinski definition) is 1. The second-order valence-electron chi connectivity index (χ2n) is 4.65. The third kappa shape index (κ3) is 2.74. The number of aromatic nitrogens is 2. The minimum absolute atomic E-state index is 0.295. The van der Waals surface area contributed by atoms with Crippen molar-refractivity contribution in [3.8, 4) is 5.69 Å². The minimum Gasteiger partial charge on any atom is -0.294 e. The van der Waals surface area contributed by atoms with Gasteiger partial charge in [-0.05, 0) is 53.2 Å². The lowest BCUT2D eigenvalue weighted by Crippen LogP contribution is -2.02. The van der Waals surface area contributed by atoms with E-state index >= 15 is 0 Å². The average Bonchev–Trinajstić information content (AvgIpc) is 2.77. The van der Waals surface area contributed by atoms with Gasteiger partial charge < -0.3 is 0 Å². The van der Waals surface area contributed by atoms with E-state index in [-0.39, 0.29) is 11.2 Å². The normalized spacial score (nSPS) is 12.8. The van der Waals surface area contributed by atoms with Gasteiger partial charge in [0.15, 0.2) is 0 Å². The highest BCUT2D eigenvalue weighted by Crippen LogP contribution is 2.33. The molecule has 6 heteroatoms. The monoisotopic (exact) mass is 430 g/mol. The Balaban J connectivity index is 2.36. The van der Waals surface area contributed by atoms with Crippen LogP contribution in [0, 0.1) is 5.82 Å². The molecular weight excluding hydrogens is 422 g/mol. The smallest absolute Gasteiger partial charge is 0.132 e. The zero-order chi connectivity index (χ0) is 15.1. The van der Waals surface area contributed by atoms with Crippen LogP contribution >= 0.6 is 43.5 Å². The number of benzene rings is 2. The summed E-state index contributed by atoms with van der Waals surface area (Å²) in [7, 11) is 0. The summed E-state index contributed by atoms with van der Waals surface area (Å²) < 4.78 is 17.2. The maximum Gasteiger partial charge on any atom is 0.132 e. The molecule has 0 fully saturated rings. The molecule has 0 aliphatic rings. The number of fused-ring (bicyclic) bond motifs is 1. The van der Waals surface area contributed by atoms with Crippen molar-refractivity contribution in [2.75, 3.05) is 0 Å². The second kappa shape index (κ2) is 5.71. The molecule has 108 valence electrons. The Kier molecular flexibility index (Phi) is 4.08. The first-order chi connectivity index (χ1) is 9.97. The number of nitrogens with zero attached hydrogens (tertiary/aromatic N) is 2. The van der Waals surface area contributed by atoms with E-state index in [2.05, 4.69) is 36.8 Å². The Bertz CT molecular complexity index is 830. The highest BCUT2D eigenvalue weighted by molar-refractivity contribution is 9.11. The summed E-state index contributed by atoms with van der Waals surface area (Å²) in [6.45, 7) is 1.85. The molecule has 0 N–H and O–H groups in total. The average molecular weight is 433 g/mol. The minimum atomic E-state index is -0.309. The molecule has 0 saturated heterocycles. The number of rotatable bonds is 2. The number of imidazole rings is 1. The van der Waals surface area contributed by atoms with Crippen molar-refractivity contribution in [3.05, 3.63) is 57.0 Å². The molecule has 0 spiro atoms. The predicted molar refractivity (Wildman–Crippen MR) is 90.7 cm³/mol. The van der Waals surface area contributed by atoms with E-state index in [1.165, 1.54) is 12.1 Å². The van der Waals surface area contributed by atoms with Gasteiger partial charge in [-0.3, -0.25) is 4.57 Å². The lowest BCUT2D eigenvalue weighted by atomic mass is 10.2. The summed E-state index contributed by atoms with van der Waals surface area (Å²) in [6.07, 6.45) is 0. The summed E-state index contributed by atoms with van der Waals surface area (Å²) in [5, 5.41) is -0.295. The summed E-state index contributed by atoms with van der Waals surface area (Å²) in [4.78, 5) is 4.47. The number of alkyl halides is 1. The van der Waals surface area contributed by atoms with Crippen LogP contribution < -0.4 is 0 Å². The van der Waals surface area contributed by atoms with Crippen molar-refractivity contribution < 1.29 is 4.39 Å². The van der Waals surface area contributed by atoms with Crippen molar-refractivity contribution >= 4 is 54.5 Å². The molecule has 2 nitrogen and oxygen atoms in total. The van der Waals surface area contributed by atoms with Gasteiger partial charge in [-0.15, -0.1) is 11.6 Å². The first kappa shape index (κ1) is 15.0. The molecule has 0 bridgehead atoms. The van der Waals surface area contributed by atoms with Gasteiger partial charge in [0.25, 0.3) is 0 Å². The number of hydrogen-bond donors (Lipinski definition) is 0. The fourth-order valence-electron chi connectivity index (χ4n) is 2.25. The van der Waals surface area contributed by atoms with E-state index in [0.717, 1.165) is 20.1 Å². The Hall–Kier alpha value is -0.910. The van der Waals surface area contributed by atoms with Gasteiger partial charge in [-0.25, -0.2) is 9.37 Å². The Labute approximate surface area is 143 Å². The zero-order valence-electron chi connectivity index (χ0n) is 10.9. The highest BCUT2D eigenvalue weighted by Gasteiger charge is 2.18. The van der Waals surface area contributed by atoms with Gasteiger partial charge in [0, 0.05) is 15.0 Å². The Morgan fingerprint density at radius 3 is 2.62 bits per heavy atom. The van der Waals surface area contributed by atoms with E-state index in [0.29, 0.717) is 11.3 Å². The molecule has 0 amide bonds. The molecule has 1 atom stereocenters.